The molecule has 0 aliphatic rings. The molecule has 3 rings (SSSR count). The van der Waals surface area contributed by atoms with Crippen molar-refractivity contribution in [3.63, 3.8) is 0 Å². The number of nitrogens with zero attached hydrogens (tertiary/aromatic N) is 2. The standard InChI is InChI=1S/C11H5F3N2O/c12-11(13,14)6-1-2-8-7(3-6)10-9(17-8)4-15-5-16-10/h1-5H. The highest BCUT2D eigenvalue weighted by Gasteiger charge is 2.31. The van der Waals surface area contributed by atoms with E-state index in [0.29, 0.717) is 22.1 Å². The molecule has 0 unspecified atom stereocenters. The second-order valence-electron chi connectivity index (χ2n) is 3.55. The van der Waals surface area contributed by atoms with Crippen molar-refractivity contribution in [2.24, 2.45) is 0 Å². The molecule has 0 fully saturated rings. The Hall–Kier alpha value is -2.11. The van der Waals surface area contributed by atoms with Gasteiger partial charge in [-0.2, -0.15) is 13.2 Å². The smallest absolute Gasteiger partial charge is 0.416 e. The second kappa shape index (κ2) is 3.19. The van der Waals surface area contributed by atoms with Gasteiger partial charge < -0.3 is 4.42 Å². The summed E-state index contributed by atoms with van der Waals surface area (Å²) in [6.07, 6.45) is -1.67. The number of aromatic nitrogens is 2. The van der Waals surface area contributed by atoms with Crippen LogP contribution >= 0.6 is 0 Å². The third-order valence-corrected chi connectivity index (χ3v) is 2.46. The van der Waals surface area contributed by atoms with Crippen LogP contribution in [0.5, 0.6) is 0 Å². The number of fused-ring (bicyclic) bond motifs is 3. The first kappa shape index (κ1) is 10.1. The zero-order valence-corrected chi connectivity index (χ0v) is 8.32. The number of alkyl halides is 3. The highest BCUT2D eigenvalue weighted by atomic mass is 19.4. The van der Waals surface area contributed by atoms with Gasteiger partial charge >= 0.3 is 6.18 Å². The van der Waals surface area contributed by atoms with Crippen molar-refractivity contribution in [1.29, 1.82) is 0 Å². The number of furan rings is 1. The quantitative estimate of drug-likeness (QED) is 0.602. The van der Waals surface area contributed by atoms with Crippen LogP contribution in [0.15, 0.2) is 35.1 Å². The second-order valence-corrected chi connectivity index (χ2v) is 3.55. The number of hydrogen-bond donors (Lipinski definition) is 0. The minimum absolute atomic E-state index is 0.345. The molecule has 0 atom stereocenters. The number of benzene rings is 1. The molecule has 0 aliphatic heterocycles. The first-order valence-corrected chi connectivity index (χ1v) is 4.75. The fourth-order valence-electron chi connectivity index (χ4n) is 1.69. The molecular weight excluding hydrogens is 233 g/mol. The summed E-state index contributed by atoms with van der Waals surface area (Å²) >= 11 is 0. The van der Waals surface area contributed by atoms with Crippen molar-refractivity contribution in [3.8, 4) is 0 Å². The Morgan fingerprint density at radius 3 is 2.71 bits per heavy atom. The molecule has 0 bridgehead atoms. The van der Waals surface area contributed by atoms with Gasteiger partial charge in [-0.05, 0) is 18.2 Å². The van der Waals surface area contributed by atoms with E-state index in [2.05, 4.69) is 9.97 Å². The molecule has 0 N–H and O–H groups in total. The van der Waals surface area contributed by atoms with Gasteiger partial charge in [-0.3, -0.25) is 0 Å². The van der Waals surface area contributed by atoms with Gasteiger partial charge in [-0.15, -0.1) is 0 Å². The summed E-state index contributed by atoms with van der Waals surface area (Å²) in [5, 5.41) is 0.345. The molecule has 86 valence electrons. The van der Waals surface area contributed by atoms with E-state index >= 15 is 0 Å². The number of rotatable bonds is 0. The van der Waals surface area contributed by atoms with E-state index in [9.17, 15) is 13.2 Å². The predicted molar refractivity (Wildman–Crippen MR) is 54.3 cm³/mol. The molecule has 0 saturated heterocycles. The zero-order chi connectivity index (χ0) is 12.0. The molecule has 0 amide bonds. The summed E-state index contributed by atoms with van der Waals surface area (Å²) in [4.78, 5) is 7.67. The fraction of sp³-hybridized carbons (Fsp3) is 0.0909. The molecule has 2 heterocycles. The van der Waals surface area contributed by atoms with Crippen LogP contribution in [0.4, 0.5) is 13.2 Å². The van der Waals surface area contributed by atoms with Gasteiger partial charge in [0.15, 0.2) is 5.58 Å². The van der Waals surface area contributed by atoms with Gasteiger partial charge in [-0.1, -0.05) is 0 Å². The lowest BCUT2D eigenvalue weighted by molar-refractivity contribution is -0.137. The van der Waals surface area contributed by atoms with Crippen LogP contribution in [-0.4, -0.2) is 9.97 Å². The van der Waals surface area contributed by atoms with E-state index in [4.69, 9.17) is 4.42 Å². The zero-order valence-electron chi connectivity index (χ0n) is 8.32. The molecule has 0 saturated carbocycles. The van der Waals surface area contributed by atoms with Gasteiger partial charge in [0.25, 0.3) is 0 Å². The van der Waals surface area contributed by atoms with E-state index in [1.54, 1.807) is 0 Å². The van der Waals surface area contributed by atoms with Crippen molar-refractivity contribution in [1.82, 2.24) is 9.97 Å². The SMILES string of the molecule is FC(F)(F)c1ccc2oc3cncnc3c2c1. The third-order valence-electron chi connectivity index (χ3n) is 2.46. The lowest BCUT2D eigenvalue weighted by Crippen LogP contribution is -2.03. The molecule has 0 aliphatic carbocycles. The minimum atomic E-state index is -4.37. The normalized spacial score (nSPS) is 12.4. The lowest BCUT2D eigenvalue weighted by Gasteiger charge is -2.05. The van der Waals surface area contributed by atoms with Crippen LogP contribution in [-0.2, 0) is 6.18 Å². The molecule has 0 radical (unpaired) electrons. The van der Waals surface area contributed by atoms with E-state index in [1.165, 1.54) is 18.6 Å². The topological polar surface area (TPSA) is 38.9 Å². The molecule has 2 aromatic heterocycles. The lowest BCUT2D eigenvalue weighted by atomic mass is 10.1. The minimum Gasteiger partial charge on any atom is -0.453 e. The molecule has 1 aromatic carbocycles. The molecule has 0 spiro atoms. The average Bonchev–Trinajstić information content (AvgIpc) is 2.65. The summed E-state index contributed by atoms with van der Waals surface area (Å²) in [5.74, 6) is 0. The summed E-state index contributed by atoms with van der Waals surface area (Å²) in [7, 11) is 0. The Labute approximate surface area is 92.9 Å². The molecular formula is C11H5F3N2O. The van der Waals surface area contributed by atoms with E-state index in [0.717, 1.165) is 12.1 Å². The number of halogens is 3. The Morgan fingerprint density at radius 2 is 1.94 bits per heavy atom. The highest BCUT2D eigenvalue weighted by molar-refractivity contribution is 6.02. The first-order chi connectivity index (χ1) is 8.05. The van der Waals surface area contributed by atoms with Gasteiger partial charge in [0, 0.05) is 5.39 Å². The maximum Gasteiger partial charge on any atom is 0.416 e. The van der Waals surface area contributed by atoms with Crippen LogP contribution < -0.4 is 0 Å². The van der Waals surface area contributed by atoms with Crippen molar-refractivity contribution in [2.75, 3.05) is 0 Å². The largest absolute Gasteiger partial charge is 0.453 e. The van der Waals surface area contributed by atoms with Crippen molar-refractivity contribution in [2.45, 2.75) is 6.18 Å². The van der Waals surface area contributed by atoms with Crippen LogP contribution in [0, 0.1) is 0 Å². The summed E-state index contributed by atoms with van der Waals surface area (Å²) in [6.45, 7) is 0. The first-order valence-electron chi connectivity index (χ1n) is 4.75. The molecule has 3 aromatic rings. The molecule has 17 heavy (non-hydrogen) atoms. The fourth-order valence-corrected chi connectivity index (χ4v) is 1.69. The Balaban J connectivity index is 2.38. The van der Waals surface area contributed by atoms with Crippen LogP contribution in [0.2, 0.25) is 0 Å². The predicted octanol–water partition coefficient (Wildman–Crippen LogP) is 3.39. The molecule has 3 nitrogen and oxygen atoms in total. The van der Waals surface area contributed by atoms with Crippen molar-refractivity contribution >= 4 is 22.1 Å². The van der Waals surface area contributed by atoms with E-state index in [-0.39, 0.29) is 0 Å². The van der Waals surface area contributed by atoms with E-state index in [1.807, 2.05) is 0 Å². The van der Waals surface area contributed by atoms with Gasteiger partial charge in [0.2, 0.25) is 0 Å². The monoisotopic (exact) mass is 238 g/mol. The van der Waals surface area contributed by atoms with Crippen molar-refractivity contribution < 1.29 is 17.6 Å². The Kier molecular flexibility index (Phi) is 1.89. The van der Waals surface area contributed by atoms with Crippen LogP contribution in [0.3, 0.4) is 0 Å². The highest BCUT2D eigenvalue weighted by Crippen LogP contribution is 2.34. The van der Waals surface area contributed by atoms with Crippen molar-refractivity contribution in [3.05, 3.63) is 36.3 Å². The Morgan fingerprint density at radius 1 is 1.12 bits per heavy atom. The van der Waals surface area contributed by atoms with E-state index < -0.39 is 11.7 Å². The molecule has 6 heteroatoms. The van der Waals surface area contributed by atoms with Gasteiger partial charge in [-0.25, -0.2) is 9.97 Å². The van der Waals surface area contributed by atoms with Crippen LogP contribution in [0.25, 0.3) is 22.1 Å². The maximum atomic E-state index is 12.6. The Bertz CT molecular complexity index is 703. The number of hydrogen-bond acceptors (Lipinski definition) is 3. The maximum absolute atomic E-state index is 12.6. The summed E-state index contributed by atoms with van der Waals surface area (Å²) in [5.41, 5.74) is 0.419. The van der Waals surface area contributed by atoms with Gasteiger partial charge in [0.1, 0.15) is 17.4 Å². The third kappa shape index (κ3) is 1.52. The van der Waals surface area contributed by atoms with Crippen LogP contribution in [0.1, 0.15) is 5.56 Å². The summed E-state index contributed by atoms with van der Waals surface area (Å²) < 4.78 is 43.0. The van der Waals surface area contributed by atoms with Gasteiger partial charge in [0.05, 0.1) is 11.8 Å². The summed E-state index contributed by atoms with van der Waals surface area (Å²) in [6, 6.07) is 3.31. The average molecular weight is 238 g/mol.